The Balaban J connectivity index is 1.75. The van der Waals surface area contributed by atoms with E-state index in [4.69, 9.17) is 11.6 Å². The Hall–Kier alpha value is -1.59. The van der Waals surface area contributed by atoms with Crippen LogP contribution in [0.2, 0.25) is 5.02 Å². The van der Waals surface area contributed by atoms with Gasteiger partial charge in [-0.15, -0.1) is 0 Å². The van der Waals surface area contributed by atoms with E-state index in [-0.39, 0.29) is 35.8 Å². The average Bonchev–Trinajstić information content (AvgIpc) is 2.58. The molecule has 1 aliphatic rings. The quantitative estimate of drug-likeness (QED) is 0.676. The Morgan fingerprint density at radius 1 is 1.33 bits per heavy atom. The number of hydrogen-bond acceptors (Lipinski definition) is 5. The van der Waals surface area contributed by atoms with E-state index in [9.17, 15) is 26.4 Å². The van der Waals surface area contributed by atoms with Crippen LogP contribution in [0.3, 0.4) is 0 Å². The number of halogens is 4. The van der Waals surface area contributed by atoms with E-state index >= 15 is 0 Å². The van der Waals surface area contributed by atoms with Crippen LogP contribution >= 0.6 is 11.6 Å². The van der Waals surface area contributed by atoms with Gasteiger partial charge in [-0.3, -0.25) is 4.79 Å². The molecule has 1 aromatic rings. The fourth-order valence-corrected chi connectivity index (χ4v) is 3.79. The molecule has 1 aliphatic heterocycles. The summed E-state index contributed by atoms with van der Waals surface area (Å²) < 4.78 is 61.9. The van der Waals surface area contributed by atoms with E-state index in [0.717, 1.165) is 12.3 Å². The van der Waals surface area contributed by atoms with Gasteiger partial charge >= 0.3 is 6.18 Å². The summed E-state index contributed by atoms with van der Waals surface area (Å²) in [6.45, 7) is 1.07. The maximum Gasteiger partial charge on any atom is 0.417 e. The van der Waals surface area contributed by atoms with Gasteiger partial charge in [0.05, 0.1) is 16.8 Å². The number of nitrogens with zero attached hydrogens (tertiary/aromatic N) is 2. The van der Waals surface area contributed by atoms with Gasteiger partial charge in [-0.2, -0.15) is 13.2 Å². The SMILES string of the molecule is CS(=O)(=O)N1CCC(C(=O)NCCNc2ncc(C(F)(F)F)cc2Cl)CC1. The Morgan fingerprint density at radius 2 is 1.96 bits per heavy atom. The number of aromatic nitrogens is 1. The second-order valence-corrected chi connectivity index (χ2v) is 8.60. The van der Waals surface area contributed by atoms with Crippen LogP contribution in [0.4, 0.5) is 19.0 Å². The highest BCUT2D eigenvalue weighted by Gasteiger charge is 2.31. The predicted octanol–water partition coefficient (Wildman–Crippen LogP) is 1.95. The number of hydrogen-bond donors (Lipinski definition) is 2. The van der Waals surface area contributed by atoms with E-state index < -0.39 is 21.8 Å². The fourth-order valence-electron chi connectivity index (χ4n) is 2.68. The minimum absolute atomic E-state index is 0.0976. The van der Waals surface area contributed by atoms with Crippen LogP contribution < -0.4 is 10.6 Å². The van der Waals surface area contributed by atoms with Crippen molar-refractivity contribution < 1.29 is 26.4 Å². The molecule has 1 amide bonds. The normalized spacial score (nSPS) is 16.9. The van der Waals surface area contributed by atoms with Crippen LogP contribution in [0.1, 0.15) is 18.4 Å². The molecule has 0 unspecified atom stereocenters. The smallest absolute Gasteiger partial charge is 0.367 e. The number of pyridine rings is 1. The van der Waals surface area contributed by atoms with Crippen LogP contribution in [0, 0.1) is 5.92 Å². The third kappa shape index (κ3) is 6.22. The average molecular weight is 429 g/mol. The number of carbonyl (C=O) groups excluding carboxylic acids is 1. The summed E-state index contributed by atoms with van der Waals surface area (Å²) in [5, 5.41) is 5.31. The Bertz CT molecular complexity index is 781. The first-order valence-corrected chi connectivity index (χ1v) is 10.4. The number of anilines is 1. The molecule has 152 valence electrons. The predicted molar refractivity (Wildman–Crippen MR) is 94.9 cm³/mol. The number of sulfonamides is 1. The highest BCUT2D eigenvalue weighted by molar-refractivity contribution is 7.88. The zero-order valence-corrected chi connectivity index (χ0v) is 16.1. The summed E-state index contributed by atoms with van der Waals surface area (Å²) in [7, 11) is -3.24. The lowest BCUT2D eigenvalue weighted by atomic mass is 9.97. The second-order valence-electron chi connectivity index (χ2n) is 6.21. The molecule has 2 rings (SSSR count). The van der Waals surface area contributed by atoms with Crippen molar-refractivity contribution in [2.45, 2.75) is 19.0 Å². The molecular formula is C15H20ClF3N4O3S. The first-order valence-electron chi connectivity index (χ1n) is 8.18. The molecule has 0 aliphatic carbocycles. The second kappa shape index (κ2) is 8.61. The van der Waals surface area contributed by atoms with Gasteiger partial charge in [0, 0.05) is 38.3 Å². The fraction of sp³-hybridized carbons (Fsp3) is 0.600. The number of carbonyl (C=O) groups is 1. The molecule has 27 heavy (non-hydrogen) atoms. The zero-order valence-electron chi connectivity index (χ0n) is 14.5. The van der Waals surface area contributed by atoms with Crippen LogP contribution in [-0.2, 0) is 21.0 Å². The van der Waals surface area contributed by atoms with Crippen LogP contribution in [0.5, 0.6) is 0 Å². The topological polar surface area (TPSA) is 91.4 Å². The van der Waals surface area contributed by atoms with E-state index in [1.165, 1.54) is 4.31 Å². The van der Waals surface area contributed by atoms with E-state index in [1.54, 1.807) is 0 Å². The highest BCUT2D eigenvalue weighted by atomic mass is 35.5. The Kier molecular flexibility index (Phi) is 6.92. The molecule has 0 radical (unpaired) electrons. The van der Waals surface area contributed by atoms with Gasteiger partial charge in [0.15, 0.2) is 0 Å². The first-order chi connectivity index (χ1) is 12.5. The molecule has 0 spiro atoms. The van der Waals surface area contributed by atoms with Crippen molar-refractivity contribution in [2.24, 2.45) is 5.92 Å². The maximum atomic E-state index is 12.6. The summed E-state index contributed by atoms with van der Waals surface area (Å²) in [5.41, 5.74) is -0.938. The minimum Gasteiger partial charge on any atom is -0.367 e. The lowest BCUT2D eigenvalue weighted by Crippen LogP contribution is -2.43. The highest BCUT2D eigenvalue weighted by Crippen LogP contribution is 2.32. The van der Waals surface area contributed by atoms with Crippen molar-refractivity contribution in [3.63, 3.8) is 0 Å². The van der Waals surface area contributed by atoms with Crippen molar-refractivity contribution in [3.05, 3.63) is 22.8 Å². The van der Waals surface area contributed by atoms with Crippen molar-refractivity contribution in [1.29, 1.82) is 0 Å². The molecular weight excluding hydrogens is 409 g/mol. The van der Waals surface area contributed by atoms with Gasteiger partial charge in [-0.05, 0) is 18.9 Å². The Morgan fingerprint density at radius 3 is 2.48 bits per heavy atom. The van der Waals surface area contributed by atoms with Crippen molar-refractivity contribution in [1.82, 2.24) is 14.6 Å². The molecule has 1 saturated heterocycles. The summed E-state index contributed by atoms with van der Waals surface area (Å²) in [5.74, 6) is -0.354. The first kappa shape index (κ1) is 21.7. The number of rotatable bonds is 6. The van der Waals surface area contributed by atoms with Gasteiger partial charge in [-0.1, -0.05) is 11.6 Å². The maximum absolute atomic E-state index is 12.6. The monoisotopic (exact) mass is 428 g/mol. The molecule has 0 bridgehead atoms. The summed E-state index contributed by atoms with van der Waals surface area (Å²) >= 11 is 5.78. The standard InChI is InChI=1S/C15H20ClF3N4O3S/c1-27(25,26)23-6-2-10(3-7-23)14(24)21-5-4-20-13-12(16)8-11(9-22-13)15(17,18)19/h8-10H,2-7H2,1H3,(H,20,22)(H,21,24). The van der Waals surface area contributed by atoms with Crippen LogP contribution in [0.15, 0.2) is 12.3 Å². The molecule has 0 saturated carbocycles. The molecule has 7 nitrogen and oxygen atoms in total. The Labute approximate surface area is 160 Å². The van der Waals surface area contributed by atoms with Gasteiger partial charge in [-0.25, -0.2) is 17.7 Å². The number of amides is 1. The van der Waals surface area contributed by atoms with Gasteiger partial charge < -0.3 is 10.6 Å². The van der Waals surface area contributed by atoms with Gasteiger partial charge in [0.2, 0.25) is 15.9 Å². The number of alkyl halides is 3. The molecule has 1 aromatic heterocycles. The zero-order chi connectivity index (χ0) is 20.2. The van der Waals surface area contributed by atoms with Crippen LogP contribution in [-0.4, -0.2) is 56.0 Å². The summed E-state index contributed by atoms with van der Waals surface area (Å²) in [6.07, 6.45) is -1.81. The third-order valence-electron chi connectivity index (χ3n) is 4.18. The van der Waals surface area contributed by atoms with E-state index in [2.05, 4.69) is 15.6 Å². The molecule has 0 aromatic carbocycles. The van der Waals surface area contributed by atoms with Crippen molar-refractivity contribution >= 4 is 33.3 Å². The van der Waals surface area contributed by atoms with Gasteiger partial charge in [0.25, 0.3) is 0 Å². The third-order valence-corrected chi connectivity index (χ3v) is 5.77. The molecule has 2 heterocycles. The molecule has 0 atom stereocenters. The lowest BCUT2D eigenvalue weighted by Gasteiger charge is -2.29. The number of nitrogens with one attached hydrogen (secondary N) is 2. The summed E-state index contributed by atoms with van der Waals surface area (Å²) in [6, 6.07) is 0.783. The molecule has 2 N–H and O–H groups in total. The van der Waals surface area contributed by atoms with Gasteiger partial charge in [0.1, 0.15) is 5.82 Å². The van der Waals surface area contributed by atoms with E-state index in [0.29, 0.717) is 32.1 Å². The molecule has 1 fully saturated rings. The van der Waals surface area contributed by atoms with E-state index in [1.807, 2.05) is 0 Å². The number of piperidine rings is 1. The lowest BCUT2D eigenvalue weighted by molar-refractivity contribution is -0.137. The van der Waals surface area contributed by atoms with Crippen molar-refractivity contribution in [2.75, 3.05) is 37.8 Å². The molecule has 12 heteroatoms. The minimum atomic E-state index is -4.52. The van der Waals surface area contributed by atoms with Crippen LogP contribution in [0.25, 0.3) is 0 Å². The van der Waals surface area contributed by atoms with Crippen molar-refractivity contribution in [3.8, 4) is 0 Å². The largest absolute Gasteiger partial charge is 0.417 e. The summed E-state index contributed by atoms with van der Waals surface area (Å²) in [4.78, 5) is 15.8.